The van der Waals surface area contributed by atoms with Crippen LogP contribution in [0.1, 0.15) is 36.6 Å². The Morgan fingerprint density at radius 1 is 1.44 bits per heavy atom. The van der Waals surface area contributed by atoms with Crippen LogP contribution in [0, 0.1) is 0 Å². The van der Waals surface area contributed by atoms with Crippen molar-refractivity contribution in [1.82, 2.24) is 25.9 Å². The van der Waals surface area contributed by atoms with Crippen LogP contribution in [0.25, 0.3) is 0 Å². The fourth-order valence-corrected chi connectivity index (χ4v) is 2.90. The number of rotatable bonds is 4. The molecule has 0 aliphatic carbocycles. The summed E-state index contributed by atoms with van der Waals surface area (Å²) in [6.45, 7) is 4.14. The normalized spacial score (nSPS) is 14.9. The molecule has 7 heteroatoms. The monoisotopic (exact) mass is 301 g/mol. The van der Waals surface area contributed by atoms with Gasteiger partial charge in [0.2, 0.25) is 0 Å². The number of aromatic amines is 1. The standard InChI is InChI=1S/C9H12BrN5S/c1-5(8-3-7(10)4-16-8)11-6(2)9-12-14-15-13-9/h3-6,11H,1-2H3,(H,12,13,14,15). The first-order valence-electron chi connectivity index (χ1n) is 4.90. The summed E-state index contributed by atoms with van der Waals surface area (Å²) >= 11 is 5.17. The zero-order valence-corrected chi connectivity index (χ0v) is 11.3. The zero-order chi connectivity index (χ0) is 11.5. The number of H-pyrrole nitrogens is 1. The second kappa shape index (κ2) is 5.03. The number of hydrogen-bond donors (Lipinski definition) is 2. The summed E-state index contributed by atoms with van der Waals surface area (Å²) < 4.78 is 1.12. The Labute approximate surface area is 106 Å². The fraction of sp³-hybridized carbons (Fsp3) is 0.444. The Hall–Kier alpha value is -0.790. The largest absolute Gasteiger partial charge is 0.300 e. The number of halogens is 1. The highest BCUT2D eigenvalue weighted by Crippen LogP contribution is 2.26. The van der Waals surface area contributed by atoms with Crippen molar-refractivity contribution >= 4 is 27.3 Å². The Kier molecular flexibility index (Phi) is 3.67. The summed E-state index contributed by atoms with van der Waals surface area (Å²) in [6.07, 6.45) is 0. The van der Waals surface area contributed by atoms with E-state index >= 15 is 0 Å². The summed E-state index contributed by atoms with van der Waals surface area (Å²) in [6, 6.07) is 2.46. The van der Waals surface area contributed by atoms with Crippen LogP contribution in [0.4, 0.5) is 0 Å². The summed E-state index contributed by atoms with van der Waals surface area (Å²) in [5.41, 5.74) is 0. The number of nitrogens with one attached hydrogen (secondary N) is 2. The minimum atomic E-state index is 0.0784. The van der Waals surface area contributed by atoms with E-state index < -0.39 is 0 Å². The molecule has 86 valence electrons. The van der Waals surface area contributed by atoms with Crippen LogP contribution in [-0.4, -0.2) is 20.6 Å². The topological polar surface area (TPSA) is 66.5 Å². The maximum atomic E-state index is 3.95. The molecule has 2 unspecified atom stereocenters. The Bertz CT molecular complexity index is 440. The van der Waals surface area contributed by atoms with Crippen molar-refractivity contribution in [2.45, 2.75) is 25.9 Å². The van der Waals surface area contributed by atoms with Crippen molar-refractivity contribution in [2.75, 3.05) is 0 Å². The third-order valence-corrected chi connectivity index (χ3v) is 4.14. The summed E-state index contributed by atoms with van der Waals surface area (Å²) in [7, 11) is 0. The van der Waals surface area contributed by atoms with Crippen LogP contribution < -0.4 is 5.32 Å². The van der Waals surface area contributed by atoms with Gasteiger partial charge in [-0.3, -0.25) is 5.32 Å². The Balaban J connectivity index is 2.00. The number of aromatic nitrogens is 4. The van der Waals surface area contributed by atoms with Gasteiger partial charge in [-0.1, -0.05) is 5.21 Å². The lowest BCUT2D eigenvalue weighted by Gasteiger charge is -2.15. The molecule has 2 atom stereocenters. The molecule has 0 fully saturated rings. The number of thiophene rings is 1. The van der Waals surface area contributed by atoms with Crippen LogP contribution in [0.3, 0.4) is 0 Å². The fourth-order valence-electron chi connectivity index (χ4n) is 1.44. The van der Waals surface area contributed by atoms with Gasteiger partial charge in [0.25, 0.3) is 0 Å². The molecule has 2 rings (SSSR count). The van der Waals surface area contributed by atoms with Crippen molar-refractivity contribution in [2.24, 2.45) is 0 Å². The molecule has 16 heavy (non-hydrogen) atoms. The van der Waals surface area contributed by atoms with Gasteiger partial charge in [-0.15, -0.1) is 21.5 Å². The van der Waals surface area contributed by atoms with Gasteiger partial charge in [-0.2, -0.15) is 5.21 Å². The average Bonchev–Trinajstić information content (AvgIpc) is 2.87. The lowest BCUT2D eigenvalue weighted by atomic mass is 10.2. The molecule has 0 saturated heterocycles. The van der Waals surface area contributed by atoms with E-state index in [0.717, 1.165) is 4.47 Å². The van der Waals surface area contributed by atoms with Gasteiger partial charge >= 0.3 is 0 Å². The quantitative estimate of drug-likeness (QED) is 0.910. The van der Waals surface area contributed by atoms with Gasteiger partial charge < -0.3 is 0 Å². The van der Waals surface area contributed by atoms with Crippen molar-refractivity contribution in [3.8, 4) is 0 Å². The molecule has 2 aromatic rings. The van der Waals surface area contributed by atoms with Gasteiger partial charge in [0.15, 0.2) is 5.82 Å². The van der Waals surface area contributed by atoms with E-state index in [-0.39, 0.29) is 12.1 Å². The van der Waals surface area contributed by atoms with Crippen LogP contribution >= 0.6 is 27.3 Å². The smallest absolute Gasteiger partial charge is 0.191 e. The Morgan fingerprint density at radius 2 is 2.25 bits per heavy atom. The highest BCUT2D eigenvalue weighted by atomic mass is 79.9. The molecule has 2 N–H and O–H groups in total. The van der Waals surface area contributed by atoms with Gasteiger partial charge in [0.05, 0.1) is 6.04 Å². The molecule has 2 aromatic heterocycles. The van der Waals surface area contributed by atoms with Crippen LogP contribution in [-0.2, 0) is 0 Å². The SMILES string of the molecule is CC(NC(C)c1cc(Br)cs1)c1nn[nH]n1. The van der Waals surface area contributed by atoms with Gasteiger partial charge in [-0.25, -0.2) is 0 Å². The molecule has 2 heterocycles. The molecule has 0 bridgehead atoms. The molecule has 5 nitrogen and oxygen atoms in total. The van der Waals surface area contributed by atoms with Crippen LogP contribution in [0.5, 0.6) is 0 Å². The summed E-state index contributed by atoms with van der Waals surface area (Å²) in [4.78, 5) is 1.28. The van der Waals surface area contributed by atoms with E-state index in [0.29, 0.717) is 5.82 Å². The number of nitrogens with zero attached hydrogens (tertiary/aromatic N) is 3. The number of hydrogen-bond acceptors (Lipinski definition) is 5. The minimum absolute atomic E-state index is 0.0784. The lowest BCUT2D eigenvalue weighted by Crippen LogP contribution is -2.22. The second-order valence-corrected chi connectivity index (χ2v) is 5.41. The number of tetrazole rings is 1. The highest BCUT2D eigenvalue weighted by Gasteiger charge is 2.15. The molecular formula is C9H12BrN5S. The van der Waals surface area contributed by atoms with Crippen LogP contribution in [0.2, 0.25) is 0 Å². The third-order valence-electron chi connectivity index (χ3n) is 2.26. The van der Waals surface area contributed by atoms with E-state index in [1.165, 1.54) is 4.88 Å². The van der Waals surface area contributed by atoms with Crippen molar-refractivity contribution in [3.05, 3.63) is 26.6 Å². The zero-order valence-electron chi connectivity index (χ0n) is 8.94. The average molecular weight is 302 g/mol. The second-order valence-electron chi connectivity index (χ2n) is 3.55. The van der Waals surface area contributed by atoms with Crippen LogP contribution in [0.15, 0.2) is 15.9 Å². The van der Waals surface area contributed by atoms with E-state index in [1.54, 1.807) is 11.3 Å². The van der Waals surface area contributed by atoms with Crippen molar-refractivity contribution in [3.63, 3.8) is 0 Å². The minimum Gasteiger partial charge on any atom is -0.300 e. The third kappa shape index (κ3) is 2.66. The highest BCUT2D eigenvalue weighted by molar-refractivity contribution is 9.10. The van der Waals surface area contributed by atoms with E-state index in [2.05, 4.69) is 60.2 Å². The maximum absolute atomic E-state index is 3.95. The molecule has 0 saturated carbocycles. The van der Waals surface area contributed by atoms with Gasteiger partial charge in [0, 0.05) is 20.8 Å². The van der Waals surface area contributed by atoms with Crippen molar-refractivity contribution < 1.29 is 0 Å². The summed E-state index contributed by atoms with van der Waals surface area (Å²) in [5.74, 6) is 0.683. The molecular weight excluding hydrogens is 290 g/mol. The van der Waals surface area contributed by atoms with E-state index in [9.17, 15) is 0 Å². The summed E-state index contributed by atoms with van der Waals surface area (Å²) in [5, 5.41) is 19.4. The molecule has 0 amide bonds. The van der Waals surface area contributed by atoms with Gasteiger partial charge in [0.1, 0.15) is 0 Å². The first-order valence-corrected chi connectivity index (χ1v) is 6.57. The van der Waals surface area contributed by atoms with E-state index in [1.807, 2.05) is 6.92 Å². The predicted octanol–water partition coefficient (Wildman–Crippen LogP) is 2.44. The predicted molar refractivity (Wildman–Crippen MR) is 66.2 cm³/mol. The molecule has 0 radical (unpaired) electrons. The first kappa shape index (κ1) is 11.7. The molecule has 0 aromatic carbocycles. The Morgan fingerprint density at radius 3 is 2.81 bits per heavy atom. The van der Waals surface area contributed by atoms with Gasteiger partial charge in [-0.05, 0) is 35.8 Å². The molecule has 0 spiro atoms. The lowest BCUT2D eigenvalue weighted by molar-refractivity contribution is 0.481. The molecule has 0 aliphatic heterocycles. The van der Waals surface area contributed by atoms with Crippen molar-refractivity contribution in [1.29, 1.82) is 0 Å². The maximum Gasteiger partial charge on any atom is 0.191 e. The van der Waals surface area contributed by atoms with E-state index in [4.69, 9.17) is 0 Å². The first-order chi connectivity index (χ1) is 7.66. The molecule has 0 aliphatic rings.